The molecule has 0 bridgehead atoms. The van der Waals surface area contributed by atoms with Crippen molar-refractivity contribution in [2.75, 3.05) is 6.26 Å². The minimum atomic E-state index is -0.168. The number of allylic oxidation sites excluding steroid dienone is 1. The number of carbonyl (C=O) groups excluding carboxylic acids is 1. The maximum absolute atomic E-state index is 12.3. The van der Waals surface area contributed by atoms with Crippen molar-refractivity contribution >= 4 is 33.5 Å². The van der Waals surface area contributed by atoms with Crippen molar-refractivity contribution in [3.8, 4) is 11.4 Å². The first-order valence-electron chi connectivity index (χ1n) is 8.31. The zero-order valence-electron chi connectivity index (χ0n) is 15.1. The van der Waals surface area contributed by atoms with Crippen molar-refractivity contribution in [3.63, 3.8) is 0 Å². The summed E-state index contributed by atoms with van der Waals surface area (Å²) < 4.78 is 8.36. The molecule has 0 fully saturated rings. The molecule has 1 heterocycles. The number of carbonyl (C=O) groups is 1. The summed E-state index contributed by atoms with van der Waals surface area (Å²) in [6.07, 6.45) is 1.93. The predicted octanol–water partition coefficient (Wildman–Crippen LogP) is 5.69. The van der Waals surface area contributed by atoms with Crippen LogP contribution < -0.4 is 4.74 Å². The number of ketones is 1. The van der Waals surface area contributed by atoms with E-state index in [9.17, 15) is 4.79 Å². The van der Waals surface area contributed by atoms with E-state index in [4.69, 9.17) is 4.74 Å². The molecule has 0 aliphatic carbocycles. The number of halogens is 1. The number of aromatic nitrogens is 2. The molecule has 2 aromatic carbocycles. The monoisotopic (exact) mass is 442 g/mol. The largest absolute Gasteiger partial charge is 0.489 e. The molecule has 0 radical (unpaired) electrons. The van der Waals surface area contributed by atoms with E-state index in [0.717, 1.165) is 22.2 Å². The SMILES string of the molecule is C=C(C)C(=O)c1nc(SC)n(-c2ccc(OCc3ccccc3)cc2)c1Br. The molecule has 3 rings (SSSR count). The molecule has 3 aromatic rings. The maximum atomic E-state index is 12.3. The Morgan fingerprint density at radius 2 is 1.85 bits per heavy atom. The van der Waals surface area contributed by atoms with Gasteiger partial charge >= 0.3 is 0 Å². The number of nitrogens with zero attached hydrogens (tertiary/aromatic N) is 2. The zero-order chi connectivity index (χ0) is 19.4. The lowest BCUT2D eigenvalue weighted by atomic mass is 10.2. The molecule has 0 saturated heterocycles. The topological polar surface area (TPSA) is 44.1 Å². The van der Waals surface area contributed by atoms with Gasteiger partial charge in [0.1, 0.15) is 22.7 Å². The lowest BCUT2D eigenvalue weighted by molar-refractivity contribution is 0.102. The molecule has 0 unspecified atom stereocenters. The molecule has 0 saturated carbocycles. The molecular weight excluding hydrogens is 424 g/mol. The van der Waals surface area contributed by atoms with Crippen molar-refractivity contribution in [1.82, 2.24) is 9.55 Å². The van der Waals surface area contributed by atoms with Gasteiger partial charge in [-0.05, 0) is 64.5 Å². The average molecular weight is 443 g/mol. The molecule has 4 nitrogen and oxygen atoms in total. The first kappa shape index (κ1) is 19.5. The van der Waals surface area contributed by atoms with Gasteiger partial charge in [0.05, 0.1) is 0 Å². The summed E-state index contributed by atoms with van der Waals surface area (Å²) in [7, 11) is 0. The highest BCUT2D eigenvalue weighted by Gasteiger charge is 2.21. The van der Waals surface area contributed by atoms with Crippen LogP contribution in [-0.4, -0.2) is 21.6 Å². The number of Topliss-reactive ketones (excluding diaryl/α,β-unsaturated/α-hetero) is 1. The molecule has 138 valence electrons. The molecule has 0 aliphatic rings. The summed E-state index contributed by atoms with van der Waals surface area (Å²) in [5.41, 5.74) is 2.84. The van der Waals surface area contributed by atoms with Crippen molar-refractivity contribution < 1.29 is 9.53 Å². The number of rotatable bonds is 7. The first-order chi connectivity index (χ1) is 13.0. The Bertz CT molecular complexity index is 966. The van der Waals surface area contributed by atoms with E-state index < -0.39 is 0 Å². The van der Waals surface area contributed by atoms with Gasteiger partial charge in [0.25, 0.3) is 0 Å². The quantitative estimate of drug-likeness (QED) is 0.267. The molecule has 0 atom stereocenters. The third-order valence-electron chi connectivity index (χ3n) is 3.92. The van der Waals surface area contributed by atoms with E-state index in [1.54, 1.807) is 6.92 Å². The number of hydrogen-bond acceptors (Lipinski definition) is 4. The van der Waals surface area contributed by atoms with Crippen LogP contribution in [0.5, 0.6) is 5.75 Å². The minimum Gasteiger partial charge on any atom is -0.489 e. The van der Waals surface area contributed by atoms with E-state index in [0.29, 0.717) is 22.5 Å². The standard InChI is InChI=1S/C21H19BrN2O2S/c1-14(2)19(25)18-20(22)24(21(23-18)27-3)16-9-11-17(12-10-16)26-13-15-7-5-4-6-8-15/h4-12H,1,13H2,2-3H3. The van der Waals surface area contributed by atoms with Crippen LogP contribution in [0.3, 0.4) is 0 Å². The van der Waals surface area contributed by atoms with Crippen molar-refractivity contribution in [2.24, 2.45) is 0 Å². The molecule has 0 amide bonds. The van der Waals surface area contributed by atoms with Gasteiger partial charge in [-0.3, -0.25) is 9.36 Å². The number of hydrogen-bond donors (Lipinski definition) is 0. The molecule has 6 heteroatoms. The second-order valence-corrected chi connectivity index (χ2v) is 7.48. The number of benzene rings is 2. The average Bonchev–Trinajstić information content (AvgIpc) is 3.03. The predicted molar refractivity (Wildman–Crippen MR) is 113 cm³/mol. The lowest BCUT2D eigenvalue weighted by Crippen LogP contribution is -2.02. The van der Waals surface area contributed by atoms with Gasteiger partial charge in [-0.1, -0.05) is 48.7 Å². The van der Waals surface area contributed by atoms with Crippen LogP contribution in [-0.2, 0) is 6.61 Å². The number of imidazole rings is 1. The lowest BCUT2D eigenvalue weighted by Gasteiger charge is -2.10. The van der Waals surface area contributed by atoms with Crippen LogP contribution in [0.4, 0.5) is 0 Å². The summed E-state index contributed by atoms with van der Waals surface area (Å²) >= 11 is 5.00. The van der Waals surface area contributed by atoms with Crippen molar-refractivity contribution in [2.45, 2.75) is 18.7 Å². The second-order valence-electron chi connectivity index (χ2n) is 5.95. The smallest absolute Gasteiger partial charge is 0.209 e. The van der Waals surface area contributed by atoms with E-state index in [1.807, 2.05) is 65.4 Å². The van der Waals surface area contributed by atoms with Crippen molar-refractivity contribution in [3.05, 3.63) is 82.6 Å². The molecule has 27 heavy (non-hydrogen) atoms. The third kappa shape index (κ3) is 4.34. The highest BCUT2D eigenvalue weighted by atomic mass is 79.9. The van der Waals surface area contributed by atoms with E-state index in [-0.39, 0.29) is 5.78 Å². The summed E-state index contributed by atoms with van der Waals surface area (Å²) in [5.74, 6) is 0.613. The van der Waals surface area contributed by atoms with Crippen LogP contribution in [0, 0.1) is 0 Å². The molecular formula is C21H19BrN2O2S. The zero-order valence-corrected chi connectivity index (χ0v) is 17.5. The van der Waals surface area contributed by atoms with Crippen LogP contribution in [0.1, 0.15) is 23.0 Å². The Hall–Kier alpha value is -2.31. The van der Waals surface area contributed by atoms with E-state index >= 15 is 0 Å². The Labute approximate surface area is 171 Å². The fraction of sp³-hybridized carbons (Fsp3) is 0.143. The number of thioether (sulfide) groups is 1. The molecule has 0 N–H and O–H groups in total. The second kappa shape index (κ2) is 8.59. The third-order valence-corrected chi connectivity index (χ3v) is 5.29. The van der Waals surface area contributed by atoms with Gasteiger partial charge in [0.15, 0.2) is 5.16 Å². The van der Waals surface area contributed by atoms with Crippen LogP contribution in [0.25, 0.3) is 5.69 Å². The minimum absolute atomic E-state index is 0.168. The number of ether oxygens (including phenoxy) is 1. The maximum Gasteiger partial charge on any atom is 0.209 e. The molecule has 0 aliphatic heterocycles. The summed E-state index contributed by atoms with van der Waals surface area (Å²) in [5, 5.41) is 0.726. The van der Waals surface area contributed by atoms with Gasteiger partial charge in [0, 0.05) is 5.69 Å². The summed E-state index contributed by atoms with van der Waals surface area (Å²) in [4.78, 5) is 16.8. The van der Waals surface area contributed by atoms with Crippen LogP contribution in [0.2, 0.25) is 0 Å². The Morgan fingerprint density at radius 1 is 1.19 bits per heavy atom. The van der Waals surface area contributed by atoms with Crippen LogP contribution >= 0.6 is 27.7 Å². The fourth-order valence-electron chi connectivity index (χ4n) is 2.52. The van der Waals surface area contributed by atoms with Gasteiger partial charge in [0.2, 0.25) is 5.78 Å². The Morgan fingerprint density at radius 3 is 2.44 bits per heavy atom. The normalized spacial score (nSPS) is 10.6. The van der Waals surface area contributed by atoms with Gasteiger partial charge in [-0.25, -0.2) is 4.98 Å². The van der Waals surface area contributed by atoms with Gasteiger partial charge in [-0.15, -0.1) is 0 Å². The highest BCUT2D eigenvalue weighted by Crippen LogP contribution is 2.30. The summed E-state index contributed by atoms with van der Waals surface area (Å²) in [6.45, 7) is 5.93. The highest BCUT2D eigenvalue weighted by molar-refractivity contribution is 9.10. The Kier molecular flexibility index (Phi) is 6.19. The Balaban J connectivity index is 1.84. The van der Waals surface area contributed by atoms with Gasteiger partial charge < -0.3 is 4.74 Å². The van der Waals surface area contributed by atoms with E-state index in [1.165, 1.54) is 11.8 Å². The first-order valence-corrected chi connectivity index (χ1v) is 10.3. The van der Waals surface area contributed by atoms with Crippen LogP contribution in [0.15, 0.2) is 76.5 Å². The van der Waals surface area contributed by atoms with Crippen molar-refractivity contribution in [1.29, 1.82) is 0 Å². The fourth-order valence-corrected chi connectivity index (χ4v) is 3.84. The molecule has 0 spiro atoms. The summed E-state index contributed by atoms with van der Waals surface area (Å²) in [6, 6.07) is 17.7. The van der Waals surface area contributed by atoms with E-state index in [2.05, 4.69) is 27.5 Å². The molecule has 1 aromatic heterocycles. The van der Waals surface area contributed by atoms with Gasteiger partial charge in [-0.2, -0.15) is 0 Å².